The molecule has 33 heavy (non-hydrogen) atoms. The smallest absolute Gasteiger partial charge is 0.306 e. The lowest BCUT2D eigenvalue weighted by Gasteiger charge is -2.23. The highest BCUT2D eigenvalue weighted by Crippen LogP contribution is 2.50. The molecule has 0 spiro atoms. The van der Waals surface area contributed by atoms with Gasteiger partial charge in [-0.05, 0) is 44.4 Å². The van der Waals surface area contributed by atoms with Crippen molar-refractivity contribution in [2.24, 2.45) is 12.5 Å². The Morgan fingerprint density at radius 2 is 2.21 bits per heavy atom. The first-order chi connectivity index (χ1) is 15.5. The van der Waals surface area contributed by atoms with E-state index in [0.717, 1.165) is 6.07 Å². The third kappa shape index (κ3) is 5.41. The lowest BCUT2D eigenvalue weighted by Crippen LogP contribution is -2.31. The van der Waals surface area contributed by atoms with Crippen molar-refractivity contribution in [1.82, 2.24) is 9.78 Å². The van der Waals surface area contributed by atoms with Crippen molar-refractivity contribution in [3.05, 3.63) is 50.4 Å². The van der Waals surface area contributed by atoms with Crippen molar-refractivity contribution in [3.8, 4) is 0 Å². The molecule has 1 heterocycles. The number of nitrogens with two attached hydrogens (primary N) is 1. The zero-order valence-corrected chi connectivity index (χ0v) is 19.0. The van der Waals surface area contributed by atoms with Gasteiger partial charge in [-0.3, -0.25) is 24.4 Å². The molecule has 1 aliphatic rings. The minimum absolute atomic E-state index is 0.0871. The zero-order chi connectivity index (χ0) is 24.3. The van der Waals surface area contributed by atoms with Crippen LogP contribution in [0.4, 0.5) is 15.9 Å². The highest BCUT2D eigenvalue weighted by molar-refractivity contribution is 6.31. The summed E-state index contributed by atoms with van der Waals surface area (Å²) in [5.41, 5.74) is 6.03. The van der Waals surface area contributed by atoms with Crippen molar-refractivity contribution in [3.63, 3.8) is 0 Å². The summed E-state index contributed by atoms with van der Waals surface area (Å²) < 4.78 is 19.8. The number of hydrogen-bond acceptors (Lipinski definition) is 7. The average Bonchev–Trinajstić information content (AvgIpc) is 3.25. The summed E-state index contributed by atoms with van der Waals surface area (Å²) in [5.74, 6) is -1.87. The van der Waals surface area contributed by atoms with E-state index in [4.69, 9.17) is 22.1 Å². The summed E-state index contributed by atoms with van der Waals surface area (Å²) in [5, 5.41) is 18.2. The molecular weight excluding hydrogens is 457 g/mol. The molecule has 3 N–H and O–H groups in total. The van der Waals surface area contributed by atoms with Crippen molar-refractivity contribution in [2.75, 3.05) is 24.2 Å². The molecule has 10 nitrogen and oxygen atoms in total. The van der Waals surface area contributed by atoms with Gasteiger partial charge < -0.3 is 15.8 Å². The average molecular weight is 482 g/mol. The molecule has 0 saturated heterocycles. The van der Waals surface area contributed by atoms with Gasteiger partial charge in [-0.25, -0.2) is 4.39 Å². The predicted molar refractivity (Wildman–Crippen MR) is 119 cm³/mol. The number of carbonyl (C=O) groups excluding carboxylic acids is 2. The van der Waals surface area contributed by atoms with Gasteiger partial charge in [-0.2, -0.15) is 5.10 Å². The number of nitro groups is 1. The normalized spacial score (nSPS) is 19.9. The lowest BCUT2D eigenvalue weighted by atomic mass is 9.81. The Hall–Kier alpha value is -3.21. The van der Waals surface area contributed by atoms with E-state index in [1.165, 1.54) is 16.8 Å². The van der Waals surface area contributed by atoms with Gasteiger partial charge >= 0.3 is 5.97 Å². The molecule has 178 valence electrons. The minimum atomic E-state index is -0.898. The van der Waals surface area contributed by atoms with Crippen LogP contribution in [0.15, 0.2) is 18.2 Å². The van der Waals surface area contributed by atoms with Gasteiger partial charge in [0.05, 0.1) is 23.7 Å². The fourth-order valence-corrected chi connectivity index (χ4v) is 4.62. The number of nitrogen functional groups attached to an aromatic ring is 1. The summed E-state index contributed by atoms with van der Waals surface area (Å²) in [6.07, 6.45) is 1.09. The van der Waals surface area contributed by atoms with Gasteiger partial charge in [0.15, 0.2) is 0 Å². The van der Waals surface area contributed by atoms with Crippen LogP contribution in [0.25, 0.3) is 0 Å². The maximum absolute atomic E-state index is 13.4. The molecule has 2 aromatic rings. The molecule has 3 rings (SSSR count). The number of benzene rings is 1. The number of aryl methyl sites for hydroxylation is 1. The van der Waals surface area contributed by atoms with E-state index < -0.39 is 28.0 Å². The Morgan fingerprint density at radius 1 is 1.48 bits per heavy atom. The SMILES string of the molecule is CCOC(=O)CC1(C[N+](=O)[O-])CCC(c2nn(C)c(N)c2C(=O)Nc2ccc(F)c(Cl)c2)C1. The molecule has 0 radical (unpaired) electrons. The maximum atomic E-state index is 13.4. The number of esters is 1. The summed E-state index contributed by atoms with van der Waals surface area (Å²) in [4.78, 5) is 36.1. The van der Waals surface area contributed by atoms with Crippen LogP contribution in [0, 0.1) is 21.3 Å². The topological polar surface area (TPSA) is 142 Å². The largest absolute Gasteiger partial charge is 0.466 e. The number of hydrogen-bond donors (Lipinski definition) is 2. The molecule has 1 aliphatic carbocycles. The van der Waals surface area contributed by atoms with Crippen molar-refractivity contribution in [2.45, 2.75) is 38.5 Å². The Labute approximate surface area is 194 Å². The van der Waals surface area contributed by atoms with Crippen LogP contribution in [0.3, 0.4) is 0 Å². The second-order valence-corrected chi connectivity index (χ2v) is 8.67. The van der Waals surface area contributed by atoms with Gasteiger partial charge in [-0.1, -0.05) is 11.6 Å². The Bertz CT molecular complexity index is 1090. The number of rotatable bonds is 8. The minimum Gasteiger partial charge on any atom is -0.466 e. The van der Waals surface area contributed by atoms with E-state index in [1.54, 1.807) is 14.0 Å². The fraction of sp³-hybridized carbons (Fsp3) is 0.476. The number of nitrogens with zero attached hydrogens (tertiary/aromatic N) is 3. The van der Waals surface area contributed by atoms with Crippen LogP contribution in [0.5, 0.6) is 0 Å². The first-order valence-electron chi connectivity index (χ1n) is 10.4. The number of aromatic nitrogens is 2. The quantitative estimate of drug-likeness (QED) is 0.333. The van der Waals surface area contributed by atoms with Gasteiger partial charge in [-0.15, -0.1) is 0 Å². The van der Waals surface area contributed by atoms with Gasteiger partial charge in [0.1, 0.15) is 17.2 Å². The number of anilines is 2. The summed E-state index contributed by atoms with van der Waals surface area (Å²) in [6, 6.07) is 3.77. The third-order valence-electron chi connectivity index (χ3n) is 5.90. The van der Waals surface area contributed by atoms with E-state index in [0.29, 0.717) is 18.5 Å². The van der Waals surface area contributed by atoms with Crippen molar-refractivity contribution >= 4 is 35.0 Å². The van der Waals surface area contributed by atoms with Gasteiger partial charge in [0.2, 0.25) is 6.54 Å². The van der Waals surface area contributed by atoms with Crippen molar-refractivity contribution in [1.29, 1.82) is 0 Å². The van der Waals surface area contributed by atoms with Gasteiger partial charge in [0.25, 0.3) is 5.91 Å². The zero-order valence-electron chi connectivity index (χ0n) is 18.3. The molecule has 1 aromatic heterocycles. The highest BCUT2D eigenvalue weighted by atomic mass is 35.5. The van der Waals surface area contributed by atoms with Crippen LogP contribution in [-0.4, -0.2) is 39.7 Å². The first-order valence-corrected chi connectivity index (χ1v) is 10.8. The molecule has 1 amide bonds. The summed E-state index contributed by atoms with van der Waals surface area (Å²) >= 11 is 5.79. The Kier molecular flexibility index (Phi) is 7.21. The van der Waals surface area contributed by atoms with Gasteiger partial charge in [0, 0.05) is 29.0 Å². The number of amides is 1. The monoisotopic (exact) mass is 481 g/mol. The maximum Gasteiger partial charge on any atom is 0.306 e. The van der Waals surface area contributed by atoms with Crippen LogP contribution >= 0.6 is 11.6 Å². The van der Waals surface area contributed by atoms with Crippen LogP contribution in [0.2, 0.25) is 5.02 Å². The van der Waals surface area contributed by atoms with E-state index in [1.807, 2.05) is 0 Å². The molecule has 2 atom stereocenters. The third-order valence-corrected chi connectivity index (χ3v) is 6.19. The lowest BCUT2D eigenvalue weighted by molar-refractivity contribution is -0.497. The molecule has 0 bridgehead atoms. The second-order valence-electron chi connectivity index (χ2n) is 8.26. The van der Waals surface area contributed by atoms with E-state index in [2.05, 4.69) is 10.4 Å². The molecule has 1 aromatic carbocycles. The Morgan fingerprint density at radius 3 is 2.85 bits per heavy atom. The number of nitrogens with one attached hydrogen (secondary N) is 1. The summed E-state index contributed by atoms with van der Waals surface area (Å²) in [7, 11) is 1.59. The number of halogens is 2. The van der Waals surface area contributed by atoms with Crippen LogP contribution < -0.4 is 11.1 Å². The molecular formula is C21H25ClFN5O5. The molecule has 1 fully saturated rings. The number of carbonyl (C=O) groups is 2. The Balaban J connectivity index is 1.88. The van der Waals surface area contributed by atoms with E-state index in [-0.39, 0.29) is 54.0 Å². The second kappa shape index (κ2) is 9.74. The van der Waals surface area contributed by atoms with Crippen LogP contribution in [0.1, 0.15) is 54.6 Å². The fourth-order valence-electron chi connectivity index (χ4n) is 4.44. The standard InChI is InChI=1S/C21H25ClFN5O5/c1-3-33-16(29)10-21(11-28(31)32)7-6-12(9-21)18-17(19(24)27(2)26-18)20(30)25-13-4-5-15(23)14(22)8-13/h4-5,8,12H,3,6-7,9-11,24H2,1-2H3,(H,25,30). The number of ether oxygens (including phenoxy) is 1. The highest BCUT2D eigenvalue weighted by Gasteiger charge is 2.47. The molecule has 0 aliphatic heterocycles. The van der Waals surface area contributed by atoms with E-state index in [9.17, 15) is 24.1 Å². The molecule has 12 heteroatoms. The predicted octanol–water partition coefficient (Wildman–Crippen LogP) is 3.53. The molecule has 1 saturated carbocycles. The first kappa shape index (κ1) is 24.4. The molecule has 2 unspecified atom stereocenters. The van der Waals surface area contributed by atoms with E-state index >= 15 is 0 Å². The summed E-state index contributed by atoms with van der Waals surface area (Å²) in [6.45, 7) is 1.47. The van der Waals surface area contributed by atoms with Crippen LogP contribution in [-0.2, 0) is 16.6 Å². The van der Waals surface area contributed by atoms with Crippen molar-refractivity contribution < 1.29 is 23.6 Å².